The molecule has 0 unspecified atom stereocenters. The molecule has 0 bridgehead atoms. The van der Waals surface area contributed by atoms with E-state index in [9.17, 15) is 0 Å². The molecule has 0 heterocycles. The summed E-state index contributed by atoms with van der Waals surface area (Å²) in [5.41, 5.74) is 5.21. The predicted octanol–water partition coefficient (Wildman–Crippen LogP) is 0.739. The first-order chi connectivity index (χ1) is 4.31. The Hall–Kier alpha value is -0.570. The molecular weight excluding hydrogens is 116 g/mol. The van der Waals surface area contributed by atoms with Crippen molar-refractivity contribution in [3.8, 4) is 0 Å². The number of ether oxygens (including phenoxy) is 1. The molecule has 0 aliphatic carbocycles. The van der Waals surface area contributed by atoms with Gasteiger partial charge < -0.3 is 10.5 Å². The molecule has 3 N–H and O–H groups in total. The molecule has 0 radical (unpaired) electrons. The number of nitrogens with two attached hydrogens (primary N) is 1. The lowest BCUT2D eigenvalue weighted by Crippen LogP contribution is -2.07. The van der Waals surface area contributed by atoms with Crippen LogP contribution in [0.3, 0.4) is 0 Å². The third kappa shape index (κ3) is 5.30. The molecule has 0 amide bonds. The van der Waals surface area contributed by atoms with Crippen molar-refractivity contribution in [2.45, 2.75) is 19.8 Å². The van der Waals surface area contributed by atoms with Crippen LogP contribution >= 0.6 is 0 Å². The minimum Gasteiger partial charge on any atom is -0.481 e. The smallest absolute Gasteiger partial charge is 0.180 e. The highest BCUT2D eigenvalue weighted by Crippen LogP contribution is 1.85. The van der Waals surface area contributed by atoms with Crippen LogP contribution in [0.15, 0.2) is 0 Å². The van der Waals surface area contributed by atoms with Gasteiger partial charge in [-0.2, -0.15) is 0 Å². The third-order valence-electron chi connectivity index (χ3n) is 0.946. The molecule has 0 atom stereocenters. The first-order valence-electron chi connectivity index (χ1n) is 3.21. The number of hydrogen-bond donors (Lipinski definition) is 2. The lowest BCUT2D eigenvalue weighted by molar-refractivity contribution is 0.290. The van der Waals surface area contributed by atoms with Crippen LogP contribution in [0.1, 0.15) is 19.8 Å². The van der Waals surface area contributed by atoms with Crippen molar-refractivity contribution in [3.05, 3.63) is 0 Å². The Labute approximate surface area is 55.7 Å². The van der Waals surface area contributed by atoms with Crippen molar-refractivity contribution in [1.29, 1.82) is 5.41 Å². The summed E-state index contributed by atoms with van der Waals surface area (Å²) in [6.07, 6.45) is 1.51. The molecule has 0 aromatic heterocycles. The van der Waals surface area contributed by atoms with Crippen molar-refractivity contribution in [2.75, 3.05) is 13.2 Å². The Bertz CT molecular complexity index is 83.1. The molecule has 0 aromatic carbocycles. The minimum atomic E-state index is 0.350. The Morgan fingerprint density at radius 1 is 1.67 bits per heavy atom. The molecule has 3 heteroatoms. The van der Waals surface area contributed by atoms with Crippen molar-refractivity contribution < 1.29 is 4.74 Å². The van der Waals surface area contributed by atoms with E-state index >= 15 is 0 Å². The largest absolute Gasteiger partial charge is 0.481 e. The summed E-state index contributed by atoms with van der Waals surface area (Å²) < 4.78 is 4.93. The van der Waals surface area contributed by atoms with E-state index in [0.717, 1.165) is 6.42 Å². The molecule has 0 saturated heterocycles. The van der Waals surface area contributed by atoms with E-state index in [0.29, 0.717) is 25.5 Å². The highest BCUT2D eigenvalue weighted by atomic mass is 16.5. The van der Waals surface area contributed by atoms with Crippen LogP contribution in [0.5, 0.6) is 0 Å². The lowest BCUT2D eigenvalue weighted by Gasteiger charge is -2.02. The van der Waals surface area contributed by atoms with Crippen LogP contribution in [0.2, 0.25) is 0 Å². The number of nitrogens with one attached hydrogen (secondary N) is 1. The van der Waals surface area contributed by atoms with Gasteiger partial charge in [-0.3, -0.25) is 5.41 Å². The second kappa shape index (κ2) is 5.56. The van der Waals surface area contributed by atoms with Gasteiger partial charge in [0.25, 0.3) is 0 Å². The van der Waals surface area contributed by atoms with Crippen LogP contribution in [-0.2, 0) is 4.74 Å². The van der Waals surface area contributed by atoms with E-state index in [4.69, 9.17) is 15.9 Å². The maximum atomic E-state index is 7.05. The quantitative estimate of drug-likeness (QED) is 0.335. The standard InChI is InChI=1S/C6H14N2O/c1-2-6(8)9-5-3-4-7/h8H,2-5,7H2,1H3. The summed E-state index contributed by atoms with van der Waals surface area (Å²) in [6, 6.07) is 0. The Balaban J connectivity index is 2.97. The highest BCUT2D eigenvalue weighted by Gasteiger charge is 1.90. The van der Waals surface area contributed by atoms with E-state index in [2.05, 4.69) is 0 Å². The summed E-state index contributed by atoms with van der Waals surface area (Å²) >= 11 is 0. The fourth-order valence-corrected chi connectivity index (χ4v) is 0.381. The zero-order valence-electron chi connectivity index (χ0n) is 5.81. The monoisotopic (exact) mass is 130 g/mol. The zero-order valence-corrected chi connectivity index (χ0v) is 5.81. The molecule has 0 aromatic rings. The molecule has 54 valence electrons. The second-order valence-electron chi connectivity index (χ2n) is 1.77. The van der Waals surface area contributed by atoms with Gasteiger partial charge in [0.1, 0.15) is 0 Å². The SMILES string of the molecule is CCC(=N)OCCCN. The van der Waals surface area contributed by atoms with Crippen molar-refractivity contribution >= 4 is 5.90 Å². The number of hydrogen-bond acceptors (Lipinski definition) is 3. The molecule has 0 rings (SSSR count). The summed E-state index contributed by atoms with van der Waals surface area (Å²) in [5, 5.41) is 7.05. The zero-order chi connectivity index (χ0) is 7.11. The molecule has 0 saturated carbocycles. The maximum absolute atomic E-state index is 7.05. The first-order valence-corrected chi connectivity index (χ1v) is 3.21. The van der Waals surface area contributed by atoms with Crippen LogP contribution < -0.4 is 5.73 Å². The predicted molar refractivity (Wildman–Crippen MR) is 37.6 cm³/mol. The van der Waals surface area contributed by atoms with E-state index in [1.807, 2.05) is 6.92 Å². The topological polar surface area (TPSA) is 59.1 Å². The van der Waals surface area contributed by atoms with Crippen molar-refractivity contribution in [2.24, 2.45) is 5.73 Å². The van der Waals surface area contributed by atoms with Crippen LogP contribution in [0, 0.1) is 5.41 Å². The van der Waals surface area contributed by atoms with Gasteiger partial charge in [0.05, 0.1) is 6.61 Å². The minimum absolute atomic E-state index is 0.350. The van der Waals surface area contributed by atoms with E-state index in [1.165, 1.54) is 0 Å². The molecule has 0 spiro atoms. The summed E-state index contributed by atoms with van der Waals surface area (Å²) in [6.45, 7) is 3.12. The van der Waals surface area contributed by atoms with Gasteiger partial charge in [0.15, 0.2) is 5.90 Å². The lowest BCUT2D eigenvalue weighted by atomic mass is 10.4. The third-order valence-corrected chi connectivity index (χ3v) is 0.946. The first kappa shape index (κ1) is 8.43. The second-order valence-corrected chi connectivity index (χ2v) is 1.77. The molecule has 0 aliphatic rings. The fraction of sp³-hybridized carbons (Fsp3) is 0.833. The maximum Gasteiger partial charge on any atom is 0.180 e. The van der Waals surface area contributed by atoms with Gasteiger partial charge in [-0.05, 0) is 13.0 Å². The van der Waals surface area contributed by atoms with Gasteiger partial charge in [-0.1, -0.05) is 6.92 Å². The van der Waals surface area contributed by atoms with Crippen LogP contribution in [0.25, 0.3) is 0 Å². The molecule has 0 aliphatic heterocycles. The van der Waals surface area contributed by atoms with Gasteiger partial charge >= 0.3 is 0 Å². The average Bonchev–Trinajstić information content (AvgIpc) is 1.89. The van der Waals surface area contributed by atoms with E-state index in [-0.39, 0.29) is 0 Å². The average molecular weight is 130 g/mol. The molecule has 9 heavy (non-hydrogen) atoms. The highest BCUT2D eigenvalue weighted by molar-refractivity contribution is 5.71. The van der Waals surface area contributed by atoms with Crippen LogP contribution in [0.4, 0.5) is 0 Å². The van der Waals surface area contributed by atoms with E-state index < -0.39 is 0 Å². The summed E-state index contributed by atoms with van der Waals surface area (Å²) in [4.78, 5) is 0. The Morgan fingerprint density at radius 3 is 2.78 bits per heavy atom. The van der Waals surface area contributed by atoms with Gasteiger partial charge in [0, 0.05) is 6.42 Å². The molecular formula is C6H14N2O. The summed E-state index contributed by atoms with van der Waals surface area (Å²) in [5.74, 6) is 0.350. The van der Waals surface area contributed by atoms with Gasteiger partial charge in [-0.15, -0.1) is 0 Å². The van der Waals surface area contributed by atoms with Gasteiger partial charge in [-0.25, -0.2) is 0 Å². The molecule has 3 nitrogen and oxygen atoms in total. The Kier molecular flexibility index (Phi) is 5.21. The summed E-state index contributed by atoms with van der Waals surface area (Å²) in [7, 11) is 0. The molecule has 0 fully saturated rings. The fourth-order valence-electron chi connectivity index (χ4n) is 0.381. The van der Waals surface area contributed by atoms with E-state index in [1.54, 1.807) is 0 Å². The van der Waals surface area contributed by atoms with Crippen molar-refractivity contribution in [1.82, 2.24) is 0 Å². The van der Waals surface area contributed by atoms with Crippen LogP contribution in [-0.4, -0.2) is 19.0 Å². The van der Waals surface area contributed by atoms with Crippen molar-refractivity contribution in [3.63, 3.8) is 0 Å². The number of rotatable bonds is 4. The normalized spacial score (nSPS) is 9.11. The van der Waals surface area contributed by atoms with Gasteiger partial charge in [0.2, 0.25) is 0 Å². The Morgan fingerprint density at radius 2 is 2.33 bits per heavy atom.